The summed E-state index contributed by atoms with van der Waals surface area (Å²) in [5, 5.41) is 12.2. The van der Waals surface area contributed by atoms with Crippen molar-refractivity contribution >= 4 is 28.8 Å². The van der Waals surface area contributed by atoms with Crippen LogP contribution in [0.5, 0.6) is 0 Å². The number of hydrogen-bond acceptors (Lipinski definition) is 7. The highest BCUT2D eigenvalue weighted by molar-refractivity contribution is 5.91. The van der Waals surface area contributed by atoms with E-state index in [0.717, 1.165) is 61.1 Å². The first-order valence-electron chi connectivity index (χ1n) is 12.5. The Hall–Kier alpha value is -3.50. The molecule has 0 saturated carbocycles. The predicted octanol–water partition coefficient (Wildman–Crippen LogP) is 1.85. The Kier molecular flexibility index (Phi) is 5.23. The van der Waals surface area contributed by atoms with Crippen LogP contribution in [0.2, 0.25) is 0 Å². The molecule has 0 aromatic carbocycles. The van der Waals surface area contributed by atoms with Crippen LogP contribution in [0.4, 0.5) is 5.95 Å². The minimum absolute atomic E-state index is 0.0295. The number of amides is 2. The van der Waals surface area contributed by atoms with Crippen LogP contribution in [-0.4, -0.2) is 90.3 Å². The molecule has 0 aliphatic carbocycles. The first kappa shape index (κ1) is 22.0. The van der Waals surface area contributed by atoms with Crippen molar-refractivity contribution in [3.8, 4) is 11.3 Å². The van der Waals surface area contributed by atoms with Gasteiger partial charge >= 0.3 is 0 Å². The van der Waals surface area contributed by atoms with E-state index in [2.05, 4.69) is 25.2 Å². The zero-order chi connectivity index (χ0) is 24.3. The SMILES string of the molecule is CC(C)C(=O)N1CCC(n2cc(-c3n[nH]c4cnc(N5C6CCC5C(=O)N(C)C6)nc34)cn2)CC1. The van der Waals surface area contributed by atoms with E-state index < -0.39 is 0 Å². The maximum absolute atomic E-state index is 12.7. The summed E-state index contributed by atoms with van der Waals surface area (Å²) in [7, 11) is 1.87. The van der Waals surface area contributed by atoms with Crippen LogP contribution in [0.3, 0.4) is 0 Å². The number of hydrogen-bond donors (Lipinski definition) is 1. The second-order valence-electron chi connectivity index (χ2n) is 10.3. The van der Waals surface area contributed by atoms with Crippen LogP contribution in [-0.2, 0) is 9.59 Å². The van der Waals surface area contributed by atoms with Crippen molar-refractivity contribution in [3.05, 3.63) is 18.6 Å². The van der Waals surface area contributed by atoms with E-state index in [9.17, 15) is 9.59 Å². The molecule has 184 valence electrons. The number of H-pyrrole nitrogens is 1. The van der Waals surface area contributed by atoms with Crippen molar-refractivity contribution in [2.24, 2.45) is 5.92 Å². The Balaban J connectivity index is 1.24. The molecule has 35 heavy (non-hydrogen) atoms. The lowest BCUT2D eigenvalue weighted by Gasteiger charge is -2.38. The van der Waals surface area contributed by atoms with E-state index in [0.29, 0.717) is 12.5 Å². The molecule has 2 atom stereocenters. The number of piperazine rings is 1. The smallest absolute Gasteiger partial charge is 0.245 e. The summed E-state index contributed by atoms with van der Waals surface area (Å²) >= 11 is 0. The lowest BCUT2D eigenvalue weighted by molar-refractivity contribution is -0.135. The molecule has 3 aromatic heterocycles. The van der Waals surface area contributed by atoms with Crippen LogP contribution in [0.1, 0.15) is 45.6 Å². The third-order valence-electron chi connectivity index (χ3n) is 7.69. The number of piperidine rings is 1. The maximum atomic E-state index is 12.7. The molecule has 0 radical (unpaired) electrons. The van der Waals surface area contributed by atoms with Gasteiger partial charge in [-0.1, -0.05) is 13.8 Å². The van der Waals surface area contributed by atoms with Gasteiger partial charge in [-0.2, -0.15) is 10.2 Å². The van der Waals surface area contributed by atoms with Gasteiger partial charge in [0.2, 0.25) is 17.8 Å². The summed E-state index contributed by atoms with van der Waals surface area (Å²) in [6.07, 6.45) is 9.16. The Labute approximate surface area is 203 Å². The molecule has 3 aliphatic heterocycles. The molecule has 2 bridgehead atoms. The largest absolute Gasteiger partial charge is 0.342 e. The van der Waals surface area contributed by atoms with Crippen molar-refractivity contribution in [1.29, 1.82) is 0 Å². The molecule has 3 aromatic rings. The van der Waals surface area contributed by atoms with E-state index in [4.69, 9.17) is 4.98 Å². The minimum Gasteiger partial charge on any atom is -0.342 e. The number of aromatic amines is 1. The number of likely N-dealkylation sites (tertiary alicyclic amines) is 2. The number of aromatic nitrogens is 6. The molecule has 6 heterocycles. The van der Waals surface area contributed by atoms with Gasteiger partial charge in [-0.05, 0) is 25.7 Å². The van der Waals surface area contributed by atoms with Crippen LogP contribution in [0.15, 0.2) is 18.6 Å². The van der Waals surface area contributed by atoms with Gasteiger partial charge in [0.15, 0.2) is 0 Å². The van der Waals surface area contributed by atoms with Crippen molar-refractivity contribution in [2.75, 3.05) is 31.6 Å². The van der Waals surface area contributed by atoms with Crippen molar-refractivity contribution in [2.45, 2.75) is 57.7 Å². The molecule has 2 unspecified atom stereocenters. The Bertz CT molecular complexity index is 1270. The molecule has 3 saturated heterocycles. The molecule has 2 amide bonds. The fourth-order valence-electron chi connectivity index (χ4n) is 5.77. The molecule has 3 fully saturated rings. The number of fused-ring (bicyclic) bond motifs is 3. The van der Waals surface area contributed by atoms with Crippen LogP contribution >= 0.6 is 0 Å². The zero-order valence-corrected chi connectivity index (χ0v) is 20.4. The van der Waals surface area contributed by atoms with E-state index in [1.807, 2.05) is 47.8 Å². The van der Waals surface area contributed by atoms with E-state index >= 15 is 0 Å². The fraction of sp³-hybridized carbons (Fsp3) is 0.583. The van der Waals surface area contributed by atoms with Gasteiger partial charge in [0.05, 0.1) is 24.5 Å². The lowest BCUT2D eigenvalue weighted by atomic mass is 10.0. The summed E-state index contributed by atoms with van der Waals surface area (Å²) < 4.78 is 1.99. The minimum atomic E-state index is -0.192. The number of rotatable bonds is 4. The zero-order valence-electron chi connectivity index (χ0n) is 20.4. The van der Waals surface area contributed by atoms with E-state index in [-0.39, 0.29) is 35.9 Å². The second-order valence-corrected chi connectivity index (χ2v) is 10.3. The summed E-state index contributed by atoms with van der Waals surface area (Å²) in [6.45, 7) is 6.10. The first-order valence-corrected chi connectivity index (χ1v) is 12.5. The Morgan fingerprint density at radius 3 is 2.69 bits per heavy atom. The number of nitrogens with zero attached hydrogens (tertiary/aromatic N) is 8. The van der Waals surface area contributed by atoms with E-state index in [1.54, 1.807) is 6.20 Å². The summed E-state index contributed by atoms with van der Waals surface area (Å²) in [5.74, 6) is 0.974. The lowest BCUT2D eigenvalue weighted by Crippen LogP contribution is -2.56. The van der Waals surface area contributed by atoms with Gasteiger partial charge in [-0.15, -0.1) is 0 Å². The van der Waals surface area contributed by atoms with Gasteiger partial charge in [0.1, 0.15) is 22.8 Å². The molecule has 11 nitrogen and oxygen atoms in total. The topological polar surface area (TPSA) is 116 Å². The quantitative estimate of drug-likeness (QED) is 0.610. The third-order valence-corrected chi connectivity index (χ3v) is 7.69. The predicted molar refractivity (Wildman–Crippen MR) is 130 cm³/mol. The summed E-state index contributed by atoms with van der Waals surface area (Å²) in [4.78, 5) is 40.3. The third kappa shape index (κ3) is 3.64. The number of carbonyl (C=O) groups is 2. The highest BCUT2D eigenvalue weighted by Crippen LogP contribution is 2.35. The molecule has 1 N–H and O–H groups in total. The standard InChI is InChI=1S/C24H31N9O2/c1-14(2)22(34)31-8-6-16(7-9-31)32-12-15(10-26-32)20-21-18(28-29-20)11-25-24(27-21)33-17-4-5-19(33)23(35)30(3)13-17/h10-12,14,16-17,19H,4-9,13H2,1-3H3,(H,28,29). The first-order chi connectivity index (χ1) is 16.9. The van der Waals surface area contributed by atoms with Gasteiger partial charge < -0.3 is 14.7 Å². The molecule has 6 rings (SSSR count). The Morgan fingerprint density at radius 2 is 1.91 bits per heavy atom. The maximum Gasteiger partial charge on any atom is 0.245 e. The Morgan fingerprint density at radius 1 is 1.11 bits per heavy atom. The van der Waals surface area contributed by atoms with Crippen molar-refractivity contribution in [3.63, 3.8) is 0 Å². The van der Waals surface area contributed by atoms with Crippen LogP contribution < -0.4 is 4.90 Å². The molecule has 3 aliphatic rings. The number of anilines is 1. The van der Waals surface area contributed by atoms with Crippen LogP contribution in [0.25, 0.3) is 22.3 Å². The molecular formula is C24H31N9O2. The number of carbonyl (C=O) groups excluding carboxylic acids is 2. The number of nitrogens with one attached hydrogen (secondary N) is 1. The van der Waals surface area contributed by atoms with E-state index in [1.165, 1.54) is 0 Å². The monoisotopic (exact) mass is 477 g/mol. The summed E-state index contributed by atoms with van der Waals surface area (Å²) in [5.41, 5.74) is 3.11. The number of likely N-dealkylation sites (N-methyl/N-ethyl adjacent to an activating group) is 1. The average molecular weight is 478 g/mol. The van der Waals surface area contributed by atoms with Crippen LogP contribution in [0, 0.1) is 5.92 Å². The normalized spacial score (nSPS) is 23.2. The fourth-order valence-corrected chi connectivity index (χ4v) is 5.77. The van der Waals surface area contributed by atoms with Crippen molar-refractivity contribution < 1.29 is 9.59 Å². The highest BCUT2D eigenvalue weighted by atomic mass is 16.2. The van der Waals surface area contributed by atoms with Crippen molar-refractivity contribution in [1.82, 2.24) is 39.7 Å². The molecule has 11 heteroatoms. The molecular weight excluding hydrogens is 446 g/mol. The second kappa shape index (κ2) is 8.31. The van der Waals surface area contributed by atoms with Gasteiger partial charge in [0, 0.05) is 44.4 Å². The van der Waals surface area contributed by atoms with Gasteiger partial charge in [-0.25, -0.2) is 9.97 Å². The summed E-state index contributed by atoms with van der Waals surface area (Å²) in [6, 6.07) is 0.303. The average Bonchev–Trinajstić information content (AvgIpc) is 3.58. The molecule has 0 spiro atoms. The van der Waals surface area contributed by atoms with Gasteiger partial charge in [0.25, 0.3) is 0 Å². The highest BCUT2D eigenvalue weighted by Gasteiger charge is 2.45. The van der Waals surface area contributed by atoms with Gasteiger partial charge in [-0.3, -0.25) is 19.4 Å².